The molecule has 19 heavy (non-hydrogen) atoms. The van der Waals surface area contributed by atoms with Gasteiger partial charge in [0, 0.05) is 39.6 Å². The molecule has 0 amide bonds. The number of hydrogen-bond acceptors (Lipinski definition) is 5. The zero-order valence-electron chi connectivity index (χ0n) is 11.6. The van der Waals surface area contributed by atoms with E-state index in [9.17, 15) is 0 Å². The molecule has 0 aliphatic rings. The highest BCUT2D eigenvalue weighted by Gasteiger charge is 2.08. The summed E-state index contributed by atoms with van der Waals surface area (Å²) in [5, 5.41) is 11.4. The van der Waals surface area contributed by atoms with Gasteiger partial charge in [0.15, 0.2) is 0 Å². The molecule has 7 heteroatoms. The fourth-order valence-electron chi connectivity index (χ4n) is 1.89. The van der Waals surface area contributed by atoms with Crippen molar-refractivity contribution < 1.29 is 4.74 Å². The molecule has 0 aliphatic heterocycles. The number of hydrogen-bond donors (Lipinski definition) is 1. The van der Waals surface area contributed by atoms with Gasteiger partial charge in [0.05, 0.1) is 18.8 Å². The Morgan fingerprint density at radius 1 is 1.42 bits per heavy atom. The largest absolute Gasteiger partial charge is 0.383 e. The maximum atomic E-state index is 5.01. The average molecular weight is 264 g/mol. The molecule has 0 spiro atoms. The first-order valence-corrected chi connectivity index (χ1v) is 6.26. The van der Waals surface area contributed by atoms with E-state index < -0.39 is 0 Å². The fraction of sp³-hybridized carbons (Fsp3) is 0.583. The lowest BCUT2D eigenvalue weighted by Gasteiger charge is -2.09. The van der Waals surface area contributed by atoms with E-state index in [-0.39, 0.29) is 0 Å². The molecule has 0 unspecified atom stereocenters. The van der Waals surface area contributed by atoms with Crippen molar-refractivity contribution in [1.82, 2.24) is 29.9 Å². The van der Waals surface area contributed by atoms with Crippen molar-refractivity contribution in [3.63, 3.8) is 0 Å². The first kappa shape index (κ1) is 13.7. The molecule has 0 fully saturated rings. The predicted molar refractivity (Wildman–Crippen MR) is 70.7 cm³/mol. The molecule has 2 rings (SSSR count). The van der Waals surface area contributed by atoms with Gasteiger partial charge in [0.1, 0.15) is 11.5 Å². The fourth-order valence-corrected chi connectivity index (χ4v) is 1.89. The van der Waals surface area contributed by atoms with Crippen molar-refractivity contribution in [2.45, 2.75) is 20.0 Å². The summed E-state index contributed by atoms with van der Waals surface area (Å²) in [5.41, 5.74) is 2.07. The van der Waals surface area contributed by atoms with Gasteiger partial charge in [-0.1, -0.05) is 5.21 Å². The van der Waals surface area contributed by atoms with Gasteiger partial charge < -0.3 is 14.6 Å². The van der Waals surface area contributed by atoms with Crippen LogP contribution in [-0.4, -0.2) is 44.8 Å². The number of rotatable bonds is 7. The lowest BCUT2D eigenvalue weighted by Crippen LogP contribution is -2.21. The highest BCUT2D eigenvalue weighted by Crippen LogP contribution is 2.07. The van der Waals surface area contributed by atoms with E-state index in [2.05, 4.69) is 25.2 Å². The summed E-state index contributed by atoms with van der Waals surface area (Å²) in [6, 6.07) is 0. The minimum absolute atomic E-state index is 0.695. The molecule has 0 saturated carbocycles. The van der Waals surface area contributed by atoms with Crippen LogP contribution in [0.4, 0.5) is 0 Å². The highest BCUT2D eigenvalue weighted by atomic mass is 16.5. The van der Waals surface area contributed by atoms with E-state index in [1.807, 2.05) is 26.4 Å². The molecule has 0 radical (unpaired) electrons. The SMILES string of the molecule is COCCNCc1cnc(C)n1Cc1cn(C)nn1. The summed E-state index contributed by atoms with van der Waals surface area (Å²) in [4.78, 5) is 4.36. The second kappa shape index (κ2) is 6.44. The maximum absolute atomic E-state index is 5.01. The van der Waals surface area contributed by atoms with Gasteiger partial charge in [-0.2, -0.15) is 0 Å². The second-order valence-corrected chi connectivity index (χ2v) is 4.44. The molecule has 7 nitrogen and oxygen atoms in total. The van der Waals surface area contributed by atoms with Gasteiger partial charge in [0.25, 0.3) is 0 Å². The summed E-state index contributed by atoms with van der Waals surface area (Å²) in [6.45, 7) is 4.99. The summed E-state index contributed by atoms with van der Waals surface area (Å²) < 4.78 is 8.86. The lowest BCUT2D eigenvalue weighted by molar-refractivity contribution is 0.199. The van der Waals surface area contributed by atoms with Crippen LogP contribution >= 0.6 is 0 Å². The lowest BCUT2D eigenvalue weighted by atomic mass is 10.4. The van der Waals surface area contributed by atoms with Crippen molar-refractivity contribution in [3.05, 3.63) is 29.6 Å². The van der Waals surface area contributed by atoms with Crippen molar-refractivity contribution in [3.8, 4) is 0 Å². The predicted octanol–water partition coefficient (Wildman–Crippen LogP) is 0.104. The van der Waals surface area contributed by atoms with Crippen LogP contribution in [-0.2, 0) is 24.9 Å². The first-order valence-electron chi connectivity index (χ1n) is 6.26. The number of nitrogens with zero attached hydrogens (tertiary/aromatic N) is 5. The number of nitrogens with one attached hydrogen (secondary N) is 1. The number of imidazole rings is 1. The number of aryl methyl sites for hydroxylation is 2. The van der Waals surface area contributed by atoms with E-state index in [1.54, 1.807) is 11.8 Å². The molecular weight excluding hydrogens is 244 g/mol. The van der Waals surface area contributed by atoms with Crippen LogP contribution in [0.15, 0.2) is 12.4 Å². The molecule has 104 valence electrons. The van der Waals surface area contributed by atoms with E-state index in [0.717, 1.165) is 30.3 Å². The molecule has 0 aliphatic carbocycles. The van der Waals surface area contributed by atoms with Crippen molar-refractivity contribution >= 4 is 0 Å². The minimum atomic E-state index is 0.695. The number of ether oxygens (including phenoxy) is 1. The van der Waals surface area contributed by atoms with Gasteiger partial charge in [-0.05, 0) is 6.92 Å². The standard InChI is InChI=1S/C12H20N6O/c1-10-14-7-12(6-13-4-5-19-3)18(10)9-11-8-17(2)16-15-11/h7-8,13H,4-6,9H2,1-3H3. The topological polar surface area (TPSA) is 69.8 Å². The zero-order chi connectivity index (χ0) is 13.7. The third-order valence-corrected chi connectivity index (χ3v) is 2.90. The average Bonchev–Trinajstić information content (AvgIpc) is 2.95. The summed E-state index contributed by atoms with van der Waals surface area (Å²) in [5.74, 6) is 0.981. The van der Waals surface area contributed by atoms with Crippen LogP contribution in [0.25, 0.3) is 0 Å². The third kappa shape index (κ3) is 3.62. The third-order valence-electron chi connectivity index (χ3n) is 2.90. The van der Waals surface area contributed by atoms with E-state index >= 15 is 0 Å². The second-order valence-electron chi connectivity index (χ2n) is 4.44. The molecular formula is C12H20N6O. The normalized spacial score (nSPS) is 11.1. The van der Waals surface area contributed by atoms with Gasteiger partial charge >= 0.3 is 0 Å². The Hall–Kier alpha value is -1.73. The van der Waals surface area contributed by atoms with E-state index in [4.69, 9.17) is 4.74 Å². The van der Waals surface area contributed by atoms with Crippen molar-refractivity contribution in [2.24, 2.45) is 7.05 Å². The van der Waals surface area contributed by atoms with Crippen LogP contribution in [0.1, 0.15) is 17.2 Å². The molecule has 0 aromatic carbocycles. The Morgan fingerprint density at radius 3 is 2.95 bits per heavy atom. The molecule has 1 N–H and O–H groups in total. The van der Waals surface area contributed by atoms with Gasteiger partial charge in [-0.3, -0.25) is 4.68 Å². The molecule has 2 heterocycles. The van der Waals surface area contributed by atoms with E-state index in [0.29, 0.717) is 13.2 Å². The highest BCUT2D eigenvalue weighted by molar-refractivity contribution is 5.08. The Kier molecular flexibility index (Phi) is 4.64. The summed E-state index contributed by atoms with van der Waals surface area (Å²) >= 11 is 0. The van der Waals surface area contributed by atoms with Gasteiger partial charge in [-0.15, -0.1) is 5.10 Å². The van der Waals surface area contributed by atoms with Gasteiger partial charge in [-0.25, -0.2) is 4.98 Å². The van der Waals surface area contributed by atoms with Crippen LogP contribution < -0.4 is 5.32 Å². The van der Waals surface area contributed by atoms with Crippen LogP contribution in [0.3, 0.4) is 0 Å². The van der Waals surface area contributed by atoms with Crippen molar-refractivity contribution in [1.29, 1.82) is 0 Å². The van der Waals surface area contributed by atoms with Crippen LogP contribution in [0.2, 0.25) is 0 Å². The van der Waals surface area contributed by atoms with Crippen molar-refractivity contribution in [2.75, 3.05) is 20.3 Å². The van der Waals surface area contributed by atoms with Crippen LogP contribution in [0.5, 0.6) is 0 Å². The smallest absolute Gasteiger partial charge is 0.106 e. The summed E-state index contributed by atoms with van der Waals surface area (Å²) in [6.07, 6.45) is 3.81. The minimum Gasteiger partial charge on any atom is -0.383 e. The molecule has 2 aromatic rings. The van der Waals surface area contributed by atoms with Crippen LogP contribution in [0, 0.1) is 6.92 Å². The Balaban J connectivity index is 2.00. The van der Waals surface area contributed by atoms with Gasteiger partial charge in [0.2, 0.25) is 0 Å². The Labute approximate surface area is 112 Å². The van der Waals surface area contributed by atoms with E-state index in [1.165, 1.54) is 0 Å². The molecule has 0 atom stereocenters. The molecule has 0 bridgehead atoms. The number of aromatic nitrogens is 5. The quantitative estimate of drug-likeness (QED) is 0.719. The maximum Gasteiger partial charge on any atom is 0.106 e. The monoisotopic (exact) mass is 264 g/mol. The molecule has 2 aromatic heterocycles. The molecule has 0 saturated heterocycles. The first-order chi connectivity index (χ1) is 9.20. The summed E-state index contributed by atoms with van der Waals surface area (Å²) in [7, 11) is 3.56. The Morgan fingerprint density at radius 2 is 2.26 bits per heavy atom. The Bertz CT molecular complexity index is 518. The zero-order valence-corrected chi connectivity index (χ0v) is 11.6. The number of methoxy groups -OCH3 is 1.